The highest BCUT2D eigenvalue weighted by Crippen LogP contribution is 2.16. The third-order valence-electron chi connectivity index (χ3n) is 3.89. The number of piperazine rings is 1. The zero-order chi connectivity index (χ0) is 14.7. The van der Waals surface area contributed by atoms with Crippen molar-refractivity contribution in [2.24, 2.45) is 10.9 Å². The van der Waals surface area contributed by atoms with E-state index in [2.05, 4.69) is 28.9 Å². The average Bonchev–Trinajstić information content (AvgIpc) is 2.44. The summed E-state index contributed by atoms with van der Waals surface area (Å²) >= 11 is 0. The molecule has 1 unspecified atom stereocenters. The second kappa shape index (κ2) is 6.19. The highest BCUT2D eigenvalue weighted by Gasteiger charge is 2.21. The monoisotopic (exact) mass is 280 g/mol. The standard InChI is InChI=1S/C14H21FN4O/c1-10-8-19(6-5-18(10)2)9-11-3-4-12(15)7-13(11)14(16)17-20/h3-4,7,10,20H,5-6,8-9H2,1-2H3,(H2,16,17). The van der Waals surface area contributed by atoms with Gasteiger partial charge in [0.2, 0.25) is 0 Å². The van der Waals surface area contributed by atoms with E-state index in [1.54, 1.807) is 6.07 Å². The van der Waals surface area contributed by atoms with Gasteiger partial charge in [-0.3, -0.25) is 4.90 Å². The first-order chi connectivity index (χ1) is 9.51. The molecule has 2 rings (SSSR count). The number of oxime groups is 1. The number of hydrogen-bond acceptors (Lipinski definition) is 4. The first kappa shape index (κ1) is 14.7. The Labute approximate surface area is 118 Å². The third kappa shape index (κ3) is 3.26. The quantitative estimate of drug-likeness (QED) is 0.376. The van der Waals surface area contributed by atoms with Crippen molar-refractivity contribution in [2.75, 3.05) is 26.7 Å². The van der Waals surface area contributed by atoms with Gasteiger partial charge in [0.05, 0.1) is 0 Å². The molecule has 1 saturated heterocycles. The van der Waals surface area contributed by atoms with Gasteiger partial charge >= 0.3 is 0 Å². The molecule has 1 heterocycles. The number of nitrogens with two attached hydrogens (primary N) is 1. The van der Waals surface area contributed by atoms with Gasteiger partial charge in [-0.15, -0.1) is 0 Å². The fourth-order valence-electron chi connectivity index (χ4n) is 2.49. The Morgan fingerprint density at radius 2 is 2.25 bits per heavy atom. The largest absolute Gasteiger partial charge is 0.409 e. The predicted molar refractivity (Wildman–Crippen MR) is 76.3 cm³/mol. The maximum absolute atomic E-state index is 13.3. The van der Waals surface area contributed by atoms with Gasteiger partial charge in [-0.2, -0.15) is 0 Å². The summed E-state index contributed by atoms with van der Waals surface area (Å²) in [5, 5.41) is 11.8. The lowest BCUT2D eigenvalue weighted by atomic mass is 10.0. The van der Waals surface area contributed by atoms with Crippen LogP contribution in [0.1, 0.15) is 18.1 Å². The van der Waals surface area contributed by atoms with Gasteiger partial charge in [0.25, 0.3) is 0 Å². The van der Waals surface area contributed by atoms with Crippen molar-refractivity contribution >= 4 is 5.84 Å². The molecule has 1 aliphatic heterocycles. The summed E-state index contributed by atoms with van der Waals surface area (Å²) < 4.78 is 13.3. The minimum Gasteiger partial charge on any atom is -0.409 e. The number of nitrogens with zero attached hydrogens (tertiary/aromatic N) is 3. The molecule has 110 valence electrons. The highest BCUT2D eigenvalue weighted by molar-refractivity contribution is 5.98. The van der Waals surface area contributed by atoms with Gasteiger partial charge < -0.3 is 15.8 Å². The Morgan fingerprint density at radius 3 is 2.90 bits per heavy atom. The minimum absolute atomic E-state index is 0.0540. The van der Waals surface area contributed by atoms with Crippen LogP contribution in [-0.4, -0.2) is 53.6 Å². The summed E-state index contributed by atoms with van der Waals surface area (Å²) in [7, 11) is 2.11. The fourth-order valence-corrected chi connectivity index (χ4v) is 2.49. The molecular formula is C14H21FN4O. The van der Waals surface area contributed by atoms with E-state index in [9.17, 15) is 4.39 Å². The van der Waals surface area contributed by atoms with Crippen LogP contribution in [0.15, 0.2) is 23.4 Å². The summed E-state index contributed by atoms with van der Waals surface area (Å²) in [6, 6.07) is 4.90. The lowest BCUT2D eigenvalue weighted by Gasteiger charge is -2.37. The second-order valence-corrected chi connectivity index (χ2v) is 5.35. The summed E-state index contributed by atoms with van der Waals surface area (Å²) in [6.45, 7) is 5.75. The summed E-state index contributed by atoms with van der Waals surface area (Å²) in [5.41, 5.74) is 6.96. The number of benzene rings is 1. The van der Waals surface area contributed by atoms with Crippen molar-refractivity contribution in [2.45, 2.75) is 19.5 Å². The van der Waals surface area contributed by atoms with Gasteiger partial charge in [0, 0.05) is 37.8 Å². The molecule has 3 N–H and O–H groups in total. The Hall–Kier alpha value is -1.66. The molecule has 1 aliphatic rings. The van der Waals surface area contributed by atoms with Crippen molar-refractivity contribution in [1.82, 2.24) is 9.80 Å². The molecule has 5 nitrogen and oxygen atoms in total. The fraction of sp³-hybridized carbons (Fsp3) is 0.500. The van der Waals surface area contributed by atoms with Crippen LogP contribution < -0.4 is 5.73 Å². The zero-order valence-electron chi connectivity index (χ0n) is 11.9. The molecule has 0 spiro atoms. The summed E-state index contributed by atoms with van der Waals surface area (Å²) in [6.07, 6.45) is 0. The maximum atomic E-state index is 13.3. The number of rotatable bonds is 3. The molecule has 1 atom stereocenters. The van der Waals surface area contributed by atoms with Crippen LogP contribution in [0.3, 0.4) is 0 Å². The zero-order valence-corrected chi connectivity index (χ0v) is 11.9. The van der Waals surface area contributed by atoms with Crippen LogP contribution in [-0.2, 0) is 6.54 Å². The first-order valence-corrected chi connectivity index (χ1v) is 6.70. The molecule has 0 aromatic heterocycles. The highest BCUT2D eigenvalue weighted by atomic mass is 19.1. The SMILES string of the molecule is CC1CN(Cc2ccc(F)cc2C(N)=NO)CCN1C. The van der Waals surface area contributed by atoms with Crippen molar-refractivity contribution in [3.63, 3.8) is 0 Å². The Balaban J connectivity index is 2.17. The molecule has 0 bridgehead atoms. The normalized spacial score (nSPS) is 22.1. The van der Waals surface area contributed by atoms with Crippen LogP contribution in [0.25, 0.3) is 0 Å². The van der Waals surface area contributed by atoms with E-state index >= 15 is 0 Å². The second-order valence-electron chi connectivity index (χ2n) is 5.35. The third-order valence-corrected chi connectivity index (χ3v) is 3.89. The maximum Gasteiger partial charge on any atom is 0.170 e. The van der Waals surface area contributed by atoms with Crippen LogP contribution in [0.2, 0.25) is 0 Å². The molecule has 20 heavy (non-hydrogen) atoms. The van der Waals surface area contributed by atoms with Crippen molar-refractivity contribution in [3.8, 4) is 0 Å². The van der Waals surface area contributed by atoms with E-state index in [1.165, 1.54) is 12.1 Å². The van der Waals surface area contributed by atoms with E-state index in [0.29, 0.717) is 18.2 Å². The molecule has 6 heteroatoms. The molecule has 0 saturated carbocycles. The number of hydrogen-bond donors (Lipinski definition) is 2. The van der Waals surface area contributed by atoms with E-state index < -0.39 is 0 Å². The lowest BCUT2D eigenvalue weighted by Crippen LogP contribution is -2.49. The molecular weight excluding hydrogens is 259 g/mol. The van der Waals surface area contributed by atoms with Crippen molar-refractivity contribution in [3.05, 3.63) is 35.1 Å². The number of likely N-dealkylation sites (N-methyl/N-ethyl adjacent to an activating group) is 1. The number of amidine groups is 1. The smallest absolute Gasteiger partial charge is 0.170 e. The van der Waals surface area contributed by atoms with Crippen molar-refractivity contribution < 1.29 is 9.60 Å². The Kier molecular flexibility index (Phi) is 4.57. The molecule has 0 amide bonds. The van der Waals surface area contributed by atoms with Gasteiger partial charge in [0.15, 0.2) is 5.84 Å². The van der Waals surface area contributed by atoms with Crippen LogP contribution in [0.5, 0.6) is 0 Å². The van der Waals surface area contributed by atoms with Gasteiger partial charge in [-0.1, -0.05) is 11.2 Å². The molecule has 0 aliphatic carbocycles. The van der Waals surface area contributed by atoms with Gasteiger partial charge in [0.1, 0.15) is 5.82 Å². The Bertz CT molecular complexity index is 506. The van der Waals surface area contributed by atoms with Crippen LogP contribution in [0, 0.1) is 5.82 Å². The van der Waals surface area contributed by atoms with E-state index in [-0.39, 0.29) is 11.7 Å². The topological polar surface area (TPSA) is 65.1 Å². The van der Waals surface area contributed by atoms with E-state index in [1.807, 2.05) is 0 Å². The van der Waals surface area contributed by atoms with Gasteiger partial charge in [-0.05, 0) is 31.7 Å². The van der Waals surface area contributed by atoms with Crippen molar-refractivity contribution in [1.29, 1.82) is 0 Å². The van der Waals surface area contributed by atoms with Crippen LogP contribution in [0.4, 0.5) is 4.39 Å². The number of halogens is 1. The molecule has 1 aromatic carbocycles. The first-order valence-electron chi connectivity index (χ1n) is 6.70. The van der Waals surface area contributed by atoms with E-state index in [0.717, 1.165) is 25.2 Å². The Morgan fingerprint density at radius 1 is 1.50 bits per heavy atom. The molecule has 0 radical (unpaired) electrons. The predicted octanol–water partition coefficient (Wildman–Crippen LogP) is 1.06. The molecule has 1 fully saturated rings. The van der Waals surface area contributed by atoms with E-state index in [4.69, 9.17) is 10.9 Å². The minimum atomic E-state index is -0.387. The summed E-state index contributed by atoms with van der Waals surface area (Å²) in [4.78, 5) is 4.61. The average molecular weight is 280 g/mol. The lowest BCUT2D eigenvalue weighted by molar-refractivity contribution is 0.0999. The van der Waals surface area contributed by atoms with Crippen LogP contribution >= 0.6 is 0 Å². The van der Waals surface area contributed by atoms with Gasteiger partial charge in [-0.25, -0.2) is 4.39 Å². The summed E-state index contributed by atoms with van der Waals surface area (Å²) in [5.74, 6) is -0.441. The molecule has 1 aromatic rings.